The van der Waals surface area contributed by atoms with E-state index >= 15 is 0 Å². The summed E-state index contributed by atoms with van der Waals surface area (Å²) < 4.78 is 0. The van der Waals surface area contributed by atoms with Crippen LogP contribution >= 0.6 is 0 Å². The van der Waals surface area contributed by atoms with Gasteiger partial charge in [0.15, 0.2) is 0 Å². The molecular weight excluding hydrogens is 142 g/mol. The molecule has 3 nitrogen and oxygen atoms in total. The van der Waals surface area contributed by atoms with Crippen molar-refractivity contribution < 1.29 is 0 Å². The second-order valence-corrected chi connectivity index (χ2v) is 3.36. The lowest BCUT2D eigenvalue weighted by molar-refractivity contribution is 0.960. The Balaban J connectivity index is 2.95. The number of aromatic amines is 1. The zero-order chi connectivity index (χ0) is 6.97. The van der Waals surface area contributed by atoms with E-state index in [0.717, 1.165) is 21.3 Å². The largest absolute Gasteiger partial charge is 0.258 e. The molecule has 2 rings (SSSR count). The Morgan fingerprint density at radius 3 is 3.10 bits per heavy atom. The molecule has 0 amide bonds. The monoisotopic (exact) mass is 149 g/mol. The van der Waals surface area contributed by atoms with Crippen LogP contribution in [0.3, 0.4) is 0 Å². The fraction of sp³-hybridized carbons (Fsp3) is 0. The minimum Gasteiger partial charge on any atom is -0.258 e. The van der Waals surface area contributed by atoms with Crippen molar-refractivity contribution in [1.29, 1.82) is 0 Å². The van der Waals surface area contributed by atoms with Crippen molar-refractivity contribution >= 4 is 26.5 Å². The zero-order valence-electron chi connectivity index (χ0n) is 5.63. The summed E-state index contributed by atoms with van der Waals surface area (Å²) in [7, 11) is 1.03. The number of fused-ring (bicyclic) bond motifs is 1. The van der Waals surface area contributed by atoms with E-state index in [1.807, 2.05) is 12.1 Å². The van der Waals surface area contributed by atoms with Crippen molar-refractivity contribution in [3.63, 3.8) is 0 Å². The molecule has 4 heteroatoms. The van der Waals surface area contributed by atoms with Gasteiger partial charge in [0.05, 0.1) is 5.52 Å². The van der Waals surface area contributed by atoms with Gasteiger partial charge in [-0.05, 0) is 11.3 Å². The van der Waals surface area contributed by atoms with Gasteiger partial charge in [-0.2, -0.15) is 0 Å². The highest BCUT2D eigenvalue weighted by Crippen LogP contribution is 2.00. The van der Waals surface area contributed by atoms with E-state index < -0.39 is 0 Å². The van der Waals surface area contributed by atoms with Gasteiger partial charge in [-0.1, -0.05) is 17.3 Å². The van der Waals surface area contributed by atoms with Crippen LogP contribution in [0.2, 0.25) is 0 Å². The quantitative estimate of drug-likeness (QED) is 0.486. The standard InChI is InChI=1S/C6H7N3Si/c10-5-3-1-2-4-6(5)8-9-7-4/h1-3H,10H3,(H,7,8,9). The highest BCUT2D eigenvalue weighted by molar-refractivity contribution is 6.37. The Bertz CT molecular complexity index is 355. The van der Waals surface area contributed by atoms with Gasteiger partial charge in [0.1, 0.15) is 5.52 Å². The summed E-state index contributed by atoms with van der Waals surface area (Å²) in [5.41, 5.74) is 2.06. The van der Waals surface area contributed by atoms with Gasteiger partial charge in [-0.15, -0.1) is 5.10 Å². The molecule has 0 aliphatic rings. The Morgan fingerprint density at radius 1 is 1.40 bits per heavy atom. The van der Waals surface area contributed by atoms with Gasteiger partial charge in [0.25, 0.3) is 0 Å². The molecule has 1 aromatic heterocycles. The molecular formula is C6H7N3Si. The first-order chi connectivity index (χ1) is 4.88. The van der Waals surface area contributed by atoms with Crippen LogP contribution in [0.15, 0.2) is 18.2 Å². The van der Waals surface area contributed by atoms with E-state index in [1.165, 1.54) is 5.19 Å². The molecule has 50 valence electrons. The topological polar surface area (TPSA) is 41.6 Å². The number of H-pyrrole nitrogens is 1. The molecule has 1 aromatic carbocycles. The summed E-state index contributed by atoms with van der Waals surface area (Å²) in [6, 6.07) is 6.08. The molecule has 0 atom stereocenters. The van der Waals surface area contributed by atoms with Crippen molar-refractivity contribution in [3.05, 3.63) is 18.2 Å². The van der Waals surface area contributed by atoms with E-state index in [2.05, 4.69) is 21.5 Å². The molecule has 0 aliphatic heterocycles. The Hall–Kier alpha value is -1.16. The summed E-state index contributed by atoms with van der Waals surface area (Å²) >= 11 is 0. The second-order valence-electron chi connectivity index (χ2n) is 2.28. The predicted molar refractivity (Wildman–Crippen MR) is 43.5 cm³/mol. The number of rotatable bonds is 0. The summed E-state index contributed by atoms with van der Waals surface area (Å²) in [6.45, 7) is 0. The van der Waals surface area contributed by atoms with Crippen LogP contribution in [0.1, 0.15) is 0 Å². The first kappa shape index (κ1) is 5.61. The average Bonchev–Trinajstić information content (AvgIpc) is 2.36. The molecule has 1 N–H and O–H groups in total. The van der Waals surface area contributed by atoms with Crippen molar-refractivity contribution in [2.24, 2.45) is 0 Å². The van der Waals surface area contributed by atoms with Crippen LogP contribution in [0.25, 0.3) is 11.0 Å². The van der Waals surface area contributed by atoms with Gasteiger partial charge in [-0.3, -0.25) is 5.10 Å². The number of hydrogen-bond acceptors (Lipinski definition) is 2. The maximum atomic E-state index is 3.95. The number of hydrogen-bond donors (Lipinski definition) is 1. The first-order valence-corrected chi connectivity index (χ1v) is 4.14. The maximum absolute atomic E-state index is 3.95. The SMILES string of the molecule is [SiH3]c1cccc2[nH]nnc12. The molecule has 0 unspecified atom stereocenters. The van der Waals surface area contributed by atoms with Crippen LogP contribution in [0.4, 0.5) is 0 Å². The lowest BCUT2D eigenvalue weighted by Gasteiger charge is -1.88. The highest BCUT2D eigenvalue weighted by atomic mass is 28.1. The molecule has 0 fully saturated rings. The van der Waals surface area contributed by atoms with E-state index in [4.69, 9.17) is 0 Å². The van der Waals surface area contributed by atoms with Gasteiger partial charge in [0.2, 0.25) is 0 Å². The van der Waals surface area contributed by atoms with E-state index in [-0.39, 0.29) is 0 Å². The third-order valence-corrected chi connectivity index (χ3v) is 2.37. The van der Waals surface area contributed by atoms with Gasteiger partial charge in [-0.25, -0.2) is 0 Å². The maximum Gasteiger partial charge on any atom is 0.111 e. The smallest absolute Gasteiger partial charge is 0.111 e. The predicted octanol–water partition coefficient (Wildman–Crippen LogP) is -1.05. The van der Waals surface area contributed by atoms with Crippen molar-refractivity contribution in [2.45, 2.75) is 0 Å². The molecule has 1 heterocycles. The third-order valence-electron chi connectivity index (χ3n) is 1.56. The Kier molecular flexibility index (Phi) is 1.07. The Labute approximate surface area is 60.9 Å². The summed E-state index contributed by atoms with van der Waals surface area (Å²) in [5.74, 6) is 0. The summed E-state index contributed by atoms with van der Waals surface area (Å²) in [6.07, 6.45) is 0. The summed E-state index contributed by atoms with van der Waals surface area (Å²) in [5, 5.41) is 11.8. The number of benzene rings is 1. The molecule has 0 aliphatic carbocycles. The van der Waals surface area contributed by atoms with Crippen molar-refractivity contribution in [2.75, 3.05) is 0 Å². The van der Waals surface area contributed by atoms with Gasteiger partial charge >= 0.3 is 0 Å². The lowest BCUT2D eigenvalue weighted by Crippen LogP contribution is -2.02. The number of aromatic nitrogens is 3. The molecule has 0 saturated heterocycles. The fourth-order valence-corrected chi connectivity index (χ4v) is 1.57. The molecule has 0 bridgehead atoms. The van der Waals surface area contributed by atoms with Crippen molar-refractivity contribution in [3.8, 4) is 0 Å². The normalized spacial score (nSPS) is 10.8. The Morgan fingerprint density at radius 2 is 2.30 bits per heavy atom. The number of nitrogens with one attached hydrogen (secondary N) is 1. The van der Waals surface area contributed by atoms with E-state index in [9.17, 15) is 0 Å². The molecule has 2 aromatic rings. The minimum absolute atomic E-state index is 1.02. The third kappa shape index (κ3) is 0.656. The van der Waals surface area contributed by atoms with Crippen molar-refractivity contribution in [1.82, 2.24) is 15.4 Å². The van der Waals surface area contributed by atoms with E-state index in [1.54, 1.807) is 0 Å². The lowest BCUT2D eigenvalue weighted by atomic mass is 10.3. The average molecular weight is 149 g/mol. The highest BCUT2D eigenvalue weighted by Gasteiger charge is 1.96. The van der Waals surface area contributed by atoms with Crippen LogP contribution < -0.4 is 5.19 Å². The second kappa shape index (κ2) is 1.91. The van der Waals surface area contributed by atoms with Crippen LogP contribution in [0.5, 0.6) is 0 Å². The van der Waals surface area contributed by atoms with Gasteiger partial charge in [0, 0.05) is 10.2 Å². The molecule has 10 heavy (non-hydrogen) atoms. The summed E-state index contributed by atoms with van der Waals surface area (Å²) in [4.78, 5) is 0. The van der Waals surface area contributed by atoms with Gasteiger partial charge < -0.3 is 0 Å². The first-order valence-electron chi connectivity index (χ1n) is 3.14. The number of nitrogens with zero attached hydrogens (tertiary/aromatic N) is 2. The minimum atomic E-state index is 1.02. The van der Waals surface area contributed by atoms with Crippen LogP contribution in [-0.2, 0) is 0 Å². The fourth-order valence-electron chi connectivity index (χ4n) is 1.01. The zero-order valence-corrected chi connectivity index (χ0v) is 7.63. The molecule has 0 spiro atoms. The van der Waals surface area contributed by atoms with Crippen LogP contribution in [-0.4, -0.2) is 25.7 Å². The molecule has 0 radical (unpaired) electrons. The molecule has 0 saturated carbocycles. The van der Waals surface area contributed by atoms with E-state index in [0.29, 0.717) is 0 Å². The van der Waals surface area contributed by atoms with Crippen LogP contribution in [0, 0.1) is 0 Å².